The van der Waals surface area contributed by atoms with E-state index >= 15 is 0 Å². The van der Waals surface area contributed by atoms with E-state index in [-0.39, 0.29) is 13.2 Å². The summed E-state index contributed by atoms with van der Waals surface area (Å²) in [4.78, 5) is 24.0. The van der Waals surface area contributed by atoms with Gasteiger partial charge in [-0.15, -0.1) is 0 Å². The molecule has 0 N–H and O–H groups in total. The molecule has 1 aliphatic rings. The number of carbonyl (C=O) groups excluding carboxylic acids is 2. The van der Waals surface area contributed by atoms with Crippen molar-refractivity contribution in [3.05, 3.63) is 0 Å². The smallest absolute Gasteiger partial charge is 0.420 e. The first-order chi connectivity index (χ1) is 7.35. The molecule has 1 fully saturated rings. The van der Waals surface area contributed by atoms with E-state index in [0.29, 0.717) is 0 Å². The molecule has 0 unspecified atom stereocenters. The minimum absolute atomic E-state index is 0.145. The zero-order valence-electron chi connectivity index (χ0n) is 9.98. The van der Waals surface area contributed by atoms with Gasteiger partial charge < -0.3 is 14.2 Å². The van der Waals surface area contributed by atoms with Crippen LogP contribution in [0.2, 0.25) is 0 Å². The van der Waals surface area contributed by atoms with Crippen LogP contribution in [-0.4, -0.2) is 49.1 Å². The number of nitrogens with zero attached hydrogens (tertiary/aromatic N) is 1. The molecule has 6 heteroatoms. The second-order valence-corrected chi connectivity index (χ2v) is 4.54. The molecule has 0 aromatic carbocycles. The second kappa shape index (κ2) is 4.69. The summed E-state index contributed by atoms with van der Waals surface area (Å²) in [6.45, 7) is 5.59. The Bertz CT molecular complexity index is 283. The summed E-state index contributed by atoms with van der Waals surface area (Å²) in [7, 11) is 1.50. The van der Waals surface area contributed by atoms with E-state index in [1.54, 1.807) is 20.8 Å². The molecule has 6 nitrogen and oxygen atoms in total. The monoisotopic (exact) mass is 231 g/mol. The van der Waals surface area contributed by atoms with E-state index in [0.717, 1.165) is 4.90 Å². The van der Waals surface area contributed by atoms with E-state index in [1.165, 1.54) is 7.11 Å². The number of rotatable bonds is 2. The molecule has 1 saturated heterocycles. The van der Waals surface area contributed by atoms with Crippen LogP contribution in [0.5, 0.6) is 0 Å². The van der Waals surface area contributed by atoms with Gasteiger partial charge in [-0.2, -0.15) is 0 Å². The third kappa shape index (κ3) is 3.10. The van der Waals surface area contributed by atoms with Crippen LogP contribution in [-0.2, 0) is 14.2 Å². The molecule has 92 valence electrons. The van der Waals surface area contributed by atoms with E-state index < -0.39 is 23.8 Å². The molecule has 1 aliphatic heterocycles. The van der Waals surface area contributed by atoms with E-state index in [9.17, 15) is 9.59 Å². The summed E-state index contributed by atoms with van der Waals surface area (Å²) in [5, 5.41) is 0. The number of imide groups is 1. The Hall–Kier alpha value is -1.30. The molecule has 1 atom stereocenters. The van der Waals surface area contributed by atoms with Gasteiger partial charge in [-0.25, -0.2) is 14.5 Å². The van der Waals surface area contributed by atoms with Crippen LogP contribution in [0.25, 0.3) is 0 Å². The number of methoxy groups -OCH3 is 1. The highest BCUT2D eigenvalue weighted by Gasteiger charge is 2.40. The lowest BCUT2D eigenvalue weighted by Crippen LogP contribution is -2.44. The summed E-state index contributed by atoms with van der Waals surface area (Å²) < 4.78 is 14.8. The summed E-state index contributed by atoms with van der Waals surface area (Å²) >= 11 is 0. The van der Waals surface area contributed by atoms with Crippen molar-refractivity contribution in [2.24, 2.45) is 0 Å². The van der Waals surface area contributed by atoms with Gasteiger partial charge in [0, 0.05) is 7.11 Å². The number of hydrogen-bond acceptors (Lipinski definition) is 5. The van der Waals surface area contributed by atoms with Crippen molar-refractivity contribution in [2.75, 3.05) is 20.3 Å². The predicted octanol–water partition coefficient (Wildman–Crippen LogP) is 1.39. The highest BCUT2D eigenvalue weighted by atomic mass is 16.6. The van der Waals surface area contributed by atoms with E-state index in [2.05, 4.69) is 0 Å². The first-order valence-corrected chi connectivity index (χ1v) is 5.03. The van der Waals surface area contributed by atoms with Gasteiger partial charge in [-0.3, -0.25) is 0 Å². The van der Waals surface area contributed by atoms with Gasteiger partial charge in [-0.1, -0.05) is 0 Å². The van der Waals surface area contributed by atoms with Crippen LogP contribution in [0, 0.1) is 0 Å². The predicted molar refractivity (Wildman–Crippen MR) is 55.1 cm³/mol. The molecule has 0 spiro atoms. The fourth-order valence-corrected chi connectivity index (χ4v) is 1.31. The molecule has 0 radical (unpaired) electrons. The van der Waals surface area contributed by atoms with Gasteiger partial charge in [-0.05, 0) is 20.8 Å². The number of carbonyl (C=O) groups is 2. The zero-order valence-corrected chi connectivity index (χ0v) is 9.98. The van der Waals surface area contributed by atoms with Crippen LogP contribution in [0.15, 0.2) is 0 Å². The van der Waals surface area contributed by atoms with Crippen LogP contribution in [0.4, 0.5) is 9.59 Å². The quantitative estimate of drug-likeness (QED) is 0.718. The Balaban J connectivity index is 2.68. The molecule has 0 aromatic heterocycles. The SMILES string of the molecule is COC[C@@H]1COC(=O)N1C(=O)OC(C)(C)C. The molecular weight excluding hydrogens is 214 g/mol. The third-order valence-electron chi connectivity index (χ3n) is 1.91. The van der Waals surface area contributed by atoms with Crippen LogP contribution < -0.4 is 0 Å². The molecule has 0 saturated carbocycles. The van der Waals surface area contributed by atoms with Crippen molar-refractivity contribution >= 4 is 12.2 Å². The molecule has 1 rings (SSSR count). The van der Waals surface area contributed by atoms with Gasteiger partial charge in [0.2, 0.25) is 0 Å². The Morgan fingerprint density at radius 1 is 1.56 bits per heavy atom. The topological polar surface area (TPSA) is 65.1 Å². The van der Waals surface area contributed by atoms with E-state index in [4.69, 9.17) is 14.2 Å². The minimum Gasteiger partial charge on any atom is -0.447 e. The second-order valence-electron chi connectivity index (χ2n) is 4.54. The number of amides is 2. The molecule has 0 bridgehead atoms. The standard InChI is InChI=1S/C10H17NO5/c1-10(2,3)16-9(13)11-7(5-14-4)6-15-8(11)12/h7H,5-6H2,1-4H3/t7-/m1/s1. The maximum atomic E-state index is 11.7. The highest BCUT2D eigenvalue weighted by Crippen LogP contribution is 2.17. The average molecular weight is 231 g/mol. The highest BCUT2D eigenvalue weighted by molar-refractivity contribution is 5.89. The molecule has 2 amide bonds. The van der Waals surface area contributed by atoms with E-state index in [1.807, 2.05) is 0 Å². The van der Waals surface area contributed by atoms with Gasteiger partial charge in [0.05, 0.1) is 6.61 Å². The third-order valence-corrected chi connectivity index (χ3v) is 1.91. The zero-order chi connectivity index (χ0) is 12.3. The largest absolute Gasteiger partial charge is 0.447 e. The molecule has 0 aromatic rings. The van der Waals surface area contributed by atoms with Crippen molar-refractivity contribution in [3.8, 4) is 0 Å². The van der Waals surface area contributed by atoms with Gasteiger partial charge in [0.25, 0.3) is 0 Å². The molecule has 1 heterocycles. The van der Waals surface area contributed by atoms with Crippen molar-refractivity contribution in [3.63, 3.8) is 0 Å². The summed E-state index contributed by atoms with van der Waals surface area (Å²) in [6, 6.07) is -0.410. The van der Waals surface area contributed by atoms with Crippen molar-refractivity contribution in [1.82, 2.24) is 4.90 Å². The van der Waals surface area contributed by atoms with Crippen LogP contribution in [0.3, 0.4) is 0 Å². The Kier molecular flexibility index (Phi) is 3.74. The van der Waals surface area contributed by atoms with Crippen molar-refractivity contribution in [1.29, 1.82) is 0 Å². The number of cyclic esters (lactones) is 1. The Morgan fingerprint density at radius 3 is 2.69 bits per heavy atom. The maximum absolute atomic E-state index is 11.7. The minimum atomic E-state index is -0.697. The lowest BCUT2D eigenvalue weighted by Gasteiger charge is -2.24. The first kappa shape index (κ1) is 12.8. The fraction of sp³-hybridized carbons (Fsp3) is 0.800. The maximum Gasteiger partial charge on any atom is 0.420 e. The lowest BCUT2D eigenvalue weighted by atomic mass is 10.2. The van der Waals surface area contributed by atoms with Crippen molar-refractivity contribution in [2.45, 2.75) is 32.4 Å². The fourth-order valence-electron chi connectivity index (χ4n) is 1.31. The Labute approximate surface area is 94.4 Å². The van der Waals surface area contributed by atoms with Gasteiger partial charge >= 0.3 is 12.2 Å². The first-order valence-electron chi connectivity index (χ1n) is 5.03. The van der Waals surface area contributed by atoms with Gasteiger partial charge in [0.1, 0.15) is 18.2 Å². The van der Waals surface area contributed by atoms with Crippen LogP contribution in [0.1, 0.15) is 20.8 Å². The molecular formula is C10H17NO5. The van der Waals surface area contributed by atoms with Crippen molar-refractivity contribution < 1.29 is 23.8 Å². The summed E-state index contributed by atoms with van der Waals surface area (Å²) in [5.41, 5.74) is -0.641. The van der Waals surface area contributed by atoms with Crippen LogP contribution >= 0.6 is 0 Å². The summed E-state index contributed by atoms with van der Waals surface area (Å²) in [5.74, 6) is 0. The lowest BCUT2D eigenvalue weighted by molar-refractivity contribution is 0.0233. The normalized spacial score (nSPS) is 20.9. The average Bonchev–Trinajstić information content (AvgIpc) is 2.44. The van der Waals surface area contributed by atoms with Gasteiger partial charge in [0.15, 0.2) is 0 Å². The molecule has 16 heavy (non-hydrogen) atoms. The molecule has 0 aliphatic carbocycles. The summed E-state index contributed by atoms with van der Waals surface area (Å²) in [6.07, 6.45) is -1.38. The number of ether oxygens (including phenoxy) is 3. The Morgan fingerprint density at radius 2 is 2.19 bits per heavy atom. The number of hydrogen-bond donors (Lipinski definition) is 0.